The van der Waals surface area contributed by atoms with Crippen molar-refractivity contribution in [2.75, 3.05) is 88.5 Å². The number of benzodiazepines with no additional fused rings is 1. The maximum Gasteiger partial charge on any atom is 0.469 e. The van der Waals surface area contributed by atoms with Gasteiger partial charge in [-0.25, -0.2) is 33.5 Å². The van der Waals surface area contributed by atoms with Crippen molar-refractivity contribution in [3.8, 4) is 11.1 Å². The molecule has 39 heteroatoms. The first kappa shape index (κ1) is 103. The number of aliphatic carboxylic acids is 2. The Kier molecular flexibility index (Phi) is 39.0. The SMILES string of the molecule is CNCC(C)(C)C(=O)OC(CC(C)C)C(=O)OC(C/C=C/C(=O)NC(C=O)Cc1ccc(NC(=O)OCc2ccc(SSCC(NC(=O)OCC3c4ccccc4-c4ccccc43)C(=O)NCCOP(=O)(O)O)c(CCOCC(=O)O)c2)c(Cl)c1)C(C)C1OC1c1ccccc1.Cc1cccc(NC(=O)NC2N=C(N(C)CCC(=O)O)c3ccccc3N(C)C2=O)c1.[Fm].[Fm]. The number of phosphoric ester groups is 1. The molecule has 1 saturated heterocycles. The molecule has 129 heavy (non-hydrogen) atoms. The number of epoxide rings is 1. The first-order valence-electron chi connectivity index (χ1n) is 40.8. The maximum absolute atomic E-state index is 13.9. The van der Waals surface area contributed by atoms with Crippen LogP contribution >= 0.6 is 41.0 Å². The molecule has 0 radical (unpaired) electrons. The van der Waals surface area contributed by atoms with Gasteiger partial charge in [0.25, 0.3) is 5.91 Å². The van der Waals surface area contributed by atoms with Crippen LogP contribution in [0.15, 0.2) is 186 Å². The summed E-state index contributed by atoms with van der Waals surface area (Å²) >= 11 is 6.63. The summed E-state index contributed by atoms with van der Waals surface area (Å²) in [4.78, 5) is 167. The number of likely N-dealkylation sites (N-methyl/N-ethyl adjacent to an activating group) is 1. The number of nitrogens with zero attached hydrogens (tertiary/aromatic N) is 3. The van der Waals surface area contributed by atoms with Crippen LogP contribution in [0.4, 0.5) is 31.4 Å². The fourth-order valence-electron chi connectivity index (χ4n) is 13.9. The van der Waals surface area contributed by atoms with Crippen molar-refractivity contribution >= 4 is 130 Å². The van der Waals surface area contributed by atoms with Crippen LogP contribution in [0.2, 0.25) is 5.02 Å². The van der Waals surface area contributed by atoms with Gasteiger partial charge in [0.15, 0.2) is 6.10 Å². The quantitative estimate of drug-likeness (QED) is 0.00247. The number of carboxylic acids is 2. The molecule has 8 unspecified atom stereocenters. The van der Waals surface area contributed by atoms with Crippen LogP contribution < -0.4 is 42.1 Å². The molecule has 2 aliphatic heterocycles. The molecule has 0 aromatic heterocycles. The van der Waals surface area contributed by atoms with E-state index in [9.17, 15) is 62.4 Å². The van der Waals surface area contributed by atoms with Crippen LogP contribution in [0.5, 0.6) is 0 Å². The number of aryl methyl sites for hydroxylation is 1. The van der Waals surface area contributed by atoms with E-state index in [1.54, 1.807) is 88.4 Å². The summed E-state index contributed by atoms with van der Waals surface area (Å²) < 4.78 is 50.3. The Balaban J connectivity index is 0.000000578. The van der Waals surface area contributed by atoms with Gasteiger partial charge in [-0.15, -0.1) is 0 Å². The van der Waals surface area contributed by atoms with Crippen LogP contribution in [-0.2, 0) is 95.3 Å². The second-order valence-electron chi connectivity index (χ2n) is 31.3. The minimum absolute atomic E-state index is 0. The van der Waals surface area contributed by atoms with Gasteiger partial charge >= 0.3 is 49.9 Å². The van der Waals surface area contributed by atoms with Crippen molar-refractivity contribution in [2.24, 2.45) is 22.2 Å². The van der Waals surface area contributed by atoms with Crippen molar-refractivity contribution < 1.29 is 110 Å². The minimum Gasteiger partial charge on any atom is -0.481 e. The number of aliphatic imine (C=N–C) groups is 1. The summed E-state index contributed by atoms with van der Waals surface area (Å²) in [6, 6.07) is 46.7. The number of urea groups is 1. The van der Waals surface area contributed by atoms with Crippen molar-refractivity contribution in [2.45, 2.75) is 134 Å². The maximum atomic E-state index is 13.9. The second-order valence-corrected chi connectivity index (χ2v) is 35.3. The number of nitrogens with one attached hydrogen (secondary N) is 7. The number of phosphoric acid groups is 1. The molecule has 1 aliphatic carbocycles. The van der Waals surface area contributed by atoms with E-state index in [-0.39, 0.29) is 111 Å². The predicted molar refractivity (Wildman–Crippen MR) is 479 cm³/mol. The summed E-state index contributed by atoms with van der Waals surface area (Å²) in [5, 5.41) is 37.0. The van der Waals surface area contributed by atoms with Crippen LogP contribution in [0, 0.1) is 24.2 Å². The van der Waals surface area contributed by atoms with Crippen molar-refractivity contribution in [3.63, 3.8) is 0 Å². The van der Waals surface area contributed by atoms with Gasteiger partial charge in [-0.1, -0.05) is 181 Å². The second kappa shape index (κ2) is 49.0. The Morgan fingerprint density at radius 2 is 1.45 bits per heavy atom. The third kappa shape index (κ3) is 31.2. The third-order valence-electron chi connectivity index (χ3n) is 20.4. The molecule has 0 bridgehead atoms. The molecule has 1 fully saturated rings. The van der Waals surface area contributed by atoms with Gasteiger partial charge in [0, 0.05) is 73.9 Å². The van der Waals surface area contributed by atoms with Gasteiger partial charge < -0.3 is 94.9 Å². The van der Waals surface area contributed by atoms with E-state index in [2.05, 4.69) is 46.7 Å². The van der Waals surface area contributed by atoms with E-state index >= 15 is 0 Å². The molecule has 2 heterocycles. The number of alkyl carbamates (subject to hydrolysis) is 1. The Hall–Kier alpha value is -13.5. The predicted octanol–water partition coefficient (Wildman–Crippen LogP) is 11.9. The Labute approximate surface area is 748 Å². The number of hydrogen-bond acceptors (Lipinski definition) is 24. The Morgan fingerprint density at radius 1 is 0.775 bits per heavy atom. The molecule has 11 N–H and O–H groups in total. The Morgan fingerprint density at radius 3 is 2.10 bits per heavy atom. The first-order valence-corrected chi connectivity index (χ1v) is 45.0. The fourth-order valence-corrected chi connectivity index (χ4v) is 16.9. The summed E-state index contributed by atoms with van der Waals surface area (Å²) in [6.45, 7) is 9.94. The third-order valence-corrected chi connectivity index (χ3v) is 23.7. The van der Waals surface area contributed by atoms with Crippen molar-refractivity contribution in [3.05, 3.63) is 225 Å². The number of amidine groups is 1. The molecule has 7 amide bonds. The van der Waals surface area contributed by atoms with E-state index in [4.69, 9.17) is 54.9 Å². The molecular formula is C90H106ClFm2N10O23PS2. The summed E-state index contributed by atoms with van der Waals surface area (Å²) in [6.07, 6.45) is -1.64. The number of esters is 2. The summed E-state index contributed by atoms with van der Waals surface area (Å²) in [5.74, 6) is -5.33. The number of amides is 7. The monoisotopic (exact) mass is 2340 g/mol. The molecule has 10 rings (SSSR count). The summed E-state index contributed by atoms with van der Waals surface area (Å²) in [7, 11) is 2.62. The van der Waals surface area contributed by atoms with E-state index < -0.39 is 117 Å². The van der Waals surface area contributed by atoms with Gasteiger partial charge in [0.05, 0.1) is 53.6 Å². The van der Waals surface area contributed by atoms with E-state index in [1.807, 2.05) is 137 Å². The summed E-state index contributed by atoms with van der Waals surface area (Å²) in [5.41, 5.74) is 8.84. The molecule has 0 spiro atoms. The van der Waals surface area contributed by atoms with Crippen LogP contribution in [0.25, 0.3) is 11.1 Å². The van der Waals surface area contributed by atoms with E-state index in [0.717, 1.165) is 33.4 Å². The number of carbonyl (C=O) groups excluding carboxylic acids is 9. The topological polar surface area (TPSA) is 457 Å². The number of carboxylic acid groups (broad SMARTS) is 2. The number of hydrogen-bond donors (Lipinski definition) is 11. The average Bonchev–Trinajstić information content (AvgIpc) is 1.61. The largest absolute Gasteiger partial charge is 0.481 e. The molecule has 0 saturated carbocycles. The van der Waals surface area contributed by atoms with E-state index in [1.165, 1.54) is 44.7 Å². The zero-order valence-electron chi connectivity index (χ0n) is 72.1. The molecule has 702 valence electrons. The normalized spacial score (nSPS) is 15.5. The standard InChI is InChI=1S/C68H81ClN5O19PS2.C22H25N5O4.2Fm/c1-41(2)31-57(92-65(81)68(4,5)40-70-6)64(80)91-56(42(3)61-62(93-61)45-15-8-7-9-16-45)21-14-22-59(76)72-47(35-75)33-43-23-25-54(53(69)34-43)73-66(82)88-36-44-24-26-58(46(32-44)27-29-87-38-60(77)78)96-95-39-55(63(79)71-28-30-90-94(84,85)86)74-67(83)89-37-52-50-19-12-10-17-48(50)49-18-11-13-20-51(49)52;1-14-7-6-8-15(13-14)23-22(31)25-19-21(30)27(3)17-10-5-4-9-16(17)20(24-19)26(2)12-11-18(28)29;;/h7-20,22-26,32,34-35,41-42,47,52,55-57,61-62,70H,21,27-31,33,36-40H2,1-6H3,(H,71,79)(H,72,76)(H,73,82)(H,74,83)(H,77,78)(H2,84,85,86);4-10,13,19H,11-12H2,1-3H3,(H,28,29)(H2,23,25,31);;/b22-14+;;;. The number of benzene rings is 7. The van der Waals surface area contributed by atoms with Gasteiger partial charge in [-0.2, -0.15) is 0 Å². The zero-order valence-corrected chi connectivity index (χ0v) is 80.2. The molecule has 33 nitrogen and oxygen atoms in total. The fraction of sp³-hybridized carbons (Fsp3) is 0.378. The van der Waals surface area contributed by atoms with Gasteiger partial charge in [0.1, 0.15) is 50.2 Å². The number of aldehydes is 1. The molecule has 7 aromatic rings. The molecular weight excluding hydrogens is 2230 g/mol. The Bertz CT molecular complexity index is 5130. The molecule has 3 aliphatic rings. The zero-order chi connectivity index (χ0) is 92.1. The number of para-hydroxylation sites is 1. The molecule has 8 atom stereocenters. The van der Waals surface area contributed by atoms with Crippen LogP contribution in [-0.4, -0.2) is 206 Å². The first-order chi connectivity index (χ1) is 60.6. The van der Waals surface area contributed by atoms with E-state index in [0.29, 0.717) is 57.2 Å². The van der Waals surface area contributed by atoms with Crippen LogP contribution in [0.1, 0.15) is 110 Å². The number of rotatable bonds is 43. The van der Waals surface area contributed by atoms with Crippen molar-refractivity contribution in [1.29, 1.82) is 0 Å². The van der Waals surface area contributed by atoms with Crippen molar-refractivity contribution in [1.82, 2.24) is 31.5 Å². The minimum atomic E-state index is -4.82. The van der Waals surface area contributed by atoms with Gasteiger partial charge in [-0.05, 0) is 152 Å². The number of fused-ring (bicyclic) bond motifs is 4. The smallest absolute Gasteiger partial charge is 0.469 e. The number of anilines is 3. The van der Waals surface area contributed by atoms with Gasteiger partial charge in [-0.3, -0.25) is 33.8 Å². The molecule has 7 aromatic carbocycles. The number of carbonyl (C=O) groups is 11. The number of halogens is 1. The average molecular weight is 2340 g/mol. The number of ether oxygens (including phenoxy) is 6. The van der Waals surface area contributed by atoms with Gasteiger partial charge in [0.2, 0.25) is 18.0 Å². The van der Waals surface area contributed by atoms with Crippen LogP contribution in [0.3, 0.4) is 0 Å².